The van der Waals surface area contributed by atoms with Crippen molar-refractivity contribution in [2.75, 3.05) is 13.2 Å². The fourth-order valence-electron chi connectivity index (χ4n) is 2.13. The summed E-state index contributed by atoms with van der Waals surface area (Å²) in [6.45, 7) is 9.71. The SMILES string of the molecule is C=C(CCNC(=O)c1cc(C)no1)NC(=O)COc1ccc(C)c(C)c1. The van der Waals surface area contributed by atoms with Crippen LogP contribution in [0.4, 0.5) is 0 Å². The van der Waals surface area contributed by atoms with Crippen molar-refractivity contribution in [3.05, 3.63) is 59.1 Å². The summed E-state index contributed by atoms with van der Waals surface area (Å²) in [6.07, 6.45) is 0.397. The average molecular weight is 357 g/mol. The average Bonchev–Trinajstić information content (AvgIpc) is 3.02. The van der Waals surface area contributed by atoms with E-state index in [0.29, 0.717) is 30.1 Å². The molecule has 1 aromatic heterocycles. The highest BCUT2D eigenvalue weighted by Crippen LogP contribution is 2.16. The number of hydrogen-bond donors (Lipinski definition) is 2. The first-order valence-corrected chi connectivity index (χ1v) is 8.24. The molecule has 0 spiro atoms. The Balaban J connectivity index is 1.67. The number of aromatic nitrogens is 1. The second-order valence-electron chi connectivity index (χ2n) is 6.02. The van der Waals surface area contributed by atoms with Crippen LogP contribution in [0.1, 0.15) is 33.8 Å². The first kappa shape index (κ1) is 19.2. The van der Waals surface area contributed by atoms with E-state index in [-0.39, 0.29) is 24.2 Å². The second kappa shape index (κ2) is 8.84. The number of hydrogen-bond acceptors (Lipinski definition) is 5. The van der Waals surface area contributed by atoms with E-state index in [9.17, 15) is 9.59 Å². The summed E-state index contributed by atoms with van der Waals surface area (Å²) >= 11 is 0. The lowest BCUT2D eigenvalue weighted by Gasteiger charge is -2.11. The minimum atomic E-state index is -0.359. The lowest BCUT2D eigenvalue weighted by Crippen LogP contribution is -2.30. The van der Waals surface area contributed by atoms with Crippen LogP contribution < -0.4 is 15.4 Å². The zero-order chi connectivity index (χ0) is 19.1. The molecule has 0 aliphatic carbocycles. The number of aryl methyl sites for hydroxylation is 3. The highest BCUT2D eigenvalue weighted by molar-refractivity contribution is 5.91. The van der Waals surface area contributed by atoms with E-state index in [1.807, 2.05) is 32.0 Å². The number of rotatable bonds is 8. The maximum absolute atomic E-state index is 11.9. The monoisotopic (exact) mass is 357 g/mol. The fourth-order valence-corrected chi connectivity index (χ4v) is 2.13. The number of ether oxygens (including phenoxy) is 1. The number of benzene rings is 1. The van der Waals surface area contributed by atoms with Crippen LogP contribution in [-0.4, -0.2) is 30.1 Å². The summed E-state index contributed by atoms with van der Waals surface area (Å²) < 4.78 is 10.3. The van der Waals surface area contributed by atoms with E-state index < -0.39 is 0 Å². The summed E-state index contributed by atoms with van der Waals surface area (Å²) in [4.78, 5) is 23.7. The van der Waals surface area contributed by atoms with Gasteiger partial charge in [-0.2, -0.15) is 0 Å². The second-order valence-corrected chi connectivity index (χ2v) is 6.02. The fraction of sp³-hybridized carbons (Fsp3) is 0.316. The summed E-state index contributed by atoms with van der Waals surface area (Å²) in [6, 6.07) is 7.21. The van der Waals surface area contributed by atoms with Crippen LogP contribution >= 0.6 is 0 Å². The first-order chi connectivity index (χ1) is 12.3. The number of amides is 2. The molecular formula is C19H23N3O4. The van der Waals surface area contributed by atoms with Crippen molar-refractivity contribution < 1.29 is 18.8 Å². The highest BCUT2D eigenvalue weighted by atomic mass is 16.5. The Morgan fingerprint density at radius 1 is 1.19 bits per heavy atom. The standard InChI is InChI=1S/C19H23N3O4/c1-12-5-6-16(9-13(12)2)25-11-18(23)21-14(3)7-8-20-19(24)17-10-15(4)22-26-17/h5-6,9-10H,3,7-8,11H2,1-2,4H3,(H,20,24)(H,21,23). The summed E-state index contributed by atoms with van der Waals surface area (Å²) in [7, 11) is 0. The van der Waals surface area contributed by atoms with Gasteiger partial charge in [-0.25, -0.2) is 0 Å². The lowest BCUT2D eigenvalue weighted by atomic mass is 10.1. The van der Waals surface area contributed by atoms with Crippen LogP contribution in [0, 0.1) is 20.8 Å². The summed E-state index contributed by atoms with van der Waals surface area (Å²) in [5.41, 5.74) is 3.39. The molecule has 0 saturated heterocycles. The van der Waals surface area contributed by atoms with E-state index in [4.69, 9.17) is 9.26 Å². The molecule has 0 aliphatic heterocycles. The zero-order valence-corrected chi connectivity index (χ0v) is 15.2. The maximum atomic E-state index is 11.9. The predicted octanol–water partition coefficient (Wildman–Crippen LogP) is 2.43. The molecule has 138 valence electrons. The number of nitrogens with zero attached hydrogens (tertiary/aromatic N) is 1. The Morgan fingerprint density at radius 2 is 1.96 bits per heavy atom. The van der Waals surface area contributed by atoms with E-state index in [1.165, 1.54) is 0 Å². The van der Waals surface area contributed by atoms with E-state index in [2.05, 4.69) is 22.4 Å². The van der Waals surface area contributed by atoms with Gasteiger partial charge in [0.1, 0.15) is 5.75 Å². The minimum Gasteiger partial charge on any atom is -0.484 e. The number of carbonyl (C=O) groups excluding carboxylic acids is 2. The Labute approximate surface area is 152 Å². The summed E-state index contributed by atoms with van der Waals surface area (Å²) in [5, 5.41) is 8.97. The van der Waals surface area contributed by atoms with Gasteiger partial charge in [0, 0.05) is 24.7 Å². The van der Waals surface area contributed by atoms with Gasteiger partial charge < -0.3 is 19.9 Å². The Kier molecular flexibility index (Phi) is 6.54. The van der Waals surface area contributed by atoms with Crippen molar-refractivity contribution in [1.29, 1.82) is 0 Å². The Bertz CT molecular complexity index is 811. The van der Waals surface area contributed by atoms with Crippen LogP contribution in [0.25, 0.3) is 0 Å². The molecule has 1 aromatic carbocycles. The van der Waals surface area contributed by atoms with Crippen LogP contribution in [0.2, 0.25) is 0 Å². The van der Waals surface area contributed by atoms with Gasteiger partial charge in [-0.3, -0.25) is 9.59 Å². The zero-order valence-electron chi connectivity index (χ0n) is 15.2. The van der Waals surface area contributed by atoms with E-state index >= 15 is 0 Å². The maximum Gasteiger partial charge on any atom is 0.289 e. The molecule has 0 aliphatic rings. The Hall–Kier alpha value is -3.09. The van der Waals surface area contributed by atoms with Crippen LogP contribution in [0.5, 0.6) is 5.75 Å². The predicted molar refractivity (Wildman–Crippen MR) is 96.9 cm³/mol. The summed E-state index contributed by atoms with van der Waals surface area (Å²) in [5.74, 6) is 0.135. The number of carbonyl (C=O) groups is 2. The van der Waals surface area contributed by atoms with Crippen LogP contribution in [0.15, 0.2) is 41.1 Å². The topological polar surface area (TPSA) is 93.5 Å². The molecule has 7 heteroatoms. The molecule has 26 heavy (non-hydrogen) atoms. The van der Waals surface area contributed by atoms with Gasteiger partial charge in [0.25, 0.3) is 11.8 Å². The van der Waals surface area contributed by atoms with Crippen molar-refractivity contribution in [1.82, 2.24) is 15.8 Å². The lowest BCUT2D eigenvalue weighted by molar-refractivity contribution is -0.122. The van der Waals surface area contributed by atoms with Crippen molar-refractivity contribution in [3.8, 4) is 5.75 Å². The van der Waals surface area contributed by atoms with Gasteiger partial charge in [0.05, 0.1) is 5.69 Å². The molecule has 0 radical (unpaired) electrons. The molecule has 0 unspecified atom stereocenters. The smallest absolute Gasteiger partial charge is 0.289 e. The largest absolute Gasteiger partial charge is 0.484 e. The van der Waals surface area contributed by atoms with Gasteiger partial charge in [-0.15, -0.1) is 0 Å². The van der Waals surface area contributed by atoms with Gasteiger partial charge in [-0.1, -0.05) is 17.8 Å². The third-order valence-electron chi connectivity index (χ3n) is 3.73. The van der Waals surface area contributed by atoms with E-state index in [0.717, 1.165) is 11.1 Å². The number of nitrogens with one attached hydrogen (secondary N) is 2. The van der Waals surface area contributed by atoms with Crippen molar-refractivity contribution in [2.45, 2.75) is 27.2 Å². The molecule has 0 saturated carbocycles. The van der Waals surface area contributed by atoms with Gasteiger partial charge in [0.2, 0.25) is 5.76 Å². The minimum absolute atomic E-state index is 0.106. The quantitative estimate of drug-likeness (QED) is 0.757. The molecule has 2 N–H and O–H groups in total. The van der Waals surface area contributed by atoms with Crippen molar-refractivity contribution in [3.63, 3.8) is 0 Å². The molecule has 1 heterocycles. The van der Waals surface area contributed by atoms with E-state index in [1.54, 1.807) is 13.0 Å². The molecule has 0 bridgehead atoms. The van der Waals surface area contributed by atoms with Crippen molar-refractivity contribution >= 4 is 11.8 Å². The molecule has 2 amide bonds. The van der Waals surface area contributed by atoms with Crippen molar-refractivity contribution in [2.24, 2.45) is 0 Å². The molecule has 2 aromatic rings. The third kappa shape index (κ3) is 5.77. The van der Waals surface area contributed by atoms with Gasteiger partial charge in [0.15, 0.2) is 6.61 Å². The van der Waals surface area contributed by atoms with Gasteiger partial charge in [-0.05, 0) is 44.0 Å². The first-order valence-electron chi connectivity index (χ1n) is 8.24. The molecule has 0 atom stereocenters. The molecule has 0 fully saturated rings. The molecular weight excluding hydrogens is 334 g/mol. The van der Waals surface area contributed by atoms with Crippen LogP contribution in [0.3, 0.4) is 0 Å². The molecule has 2 rings (SSSR count). The van der Waals surface area contributed by atoms with Gasteiger partial charge >= 0.3 is 0 Å². The van der Waals surface area contributed by atoms with Crippen LogP contribution in [-0.2, 0) is 4.79 Å². The normalized spacial score (nSPS) is 10.3. The highest BCUT2D eigenvalue weighted by Gasteiger charge is 2.11. The Morgan fingerprint density at radius 3 is 2.62 bits per heavy atom. The molecule has 7 nitrogen and oxygen atoms in total. The third-order valence-corrected chi connectivity index (χ3v) is 3.73.